The number of benzene rings is 1. The van der Waals surface area contributed by atoms with E-state index < -0.39 is 0 Å². The second-order valence-corrected chi connectivity index (χ2v) is 4.05. The Bertz CT molecular complexity index is 487. The summed E-state index contributed by atoms with van der Waals surface area (Å²) in [5.41, 5.74) is 1.84. The van der Waals surface area contributed by atoms with Crippen LogP contribution in [0.1, 0.15) is 17.4 Å². The van der Waals surface area contributed by atoms with Crippen LogP contribution in [-0.4, -0.2) is 10.9 Å². The topological polar surface area (TPSA) is 22.0 Å². The molecule has 0 atom stereocenters. The van der Waals surface area contributed by atoms with Crippen molar-refractivity contribution in [2.45, 2.75) is 13.5 Å². The SMILES string of the molecule is CCn1c(C=O)cc2ccc(Br)cc21. The van der Waals surface area contributed by atoms with Crippen LogP contribution in [0.15, 0.2) is 28.7 Å². The van der Waals surface area contributed by atoms with E-state index in [-0.39, 0.29) is 0 Å². The second kappa shape index (κ2) is 3.58. The third-order valence-corrected chi connectivity index (χ3v) is 2.83. The first-order chi connectivity index (χ1) is 6.76. The normalized spacial score (nSPS) is 10.7. The van der Waals surface area contributed by atoms with Crippen LogP contribution in [-0.2, 0) is 6.54 Å². The fraction of sp³-hybridized carbons (Fsp3) is 0.182. The molecule has 3 heteroatoms. The van der Waals surface area contributed by atoms with Gasteiger partial charge in [0.05, 0.1) is 5.69 Å². The highest BCUT2D eigenvalue weighted by Crippen LogP contribution is 2.22. The van der Waals surface area contributed by atoms with E-state index in [1.165, 1.54) is 0 Å². The molecule has 1 aromatic carbocycles. The summed E-state index contributed by atoms with van der Waals surface area (Å²) >= 11 is 3.43. The zero-order valence-corrected chi connectivity index (χ0v) is 9.41. The summed E-state index contributed by atoms with van der Waals surface area (Å²) in [6.07, 6.45) is 0.900. The predicted octanol–water partition coefficient (Wildman–Crippen LogP) is 3.24. The highest BCUT2D eigenvalue weighted by Gasteiger charge is 2.06. The van der Waals surface area contributed by atoms with Crippen molar-refractivity contribution in [3.63, 3.8) is 0 Å². The van der Waals surface area contributed by atoms with E-state index in [4.69, 9.17) is 0 Å². The Kier molecular flexibility index (Phi) is 2.42. The Morgan fingerprint density at radius 1 is 1.43 bits per heavy atom. The third-order valence-electron chi connectivity index (χ3n) is 2.34. The Morgan fingerprint density at radius 2 is 2.21 bits per heavy atom. The molecule has 0 fully saturated rings. The number of aryl methyl sites for hydroxylation is 1. The van der Waals surface area contributed by atoms with Gasteiger partial charge in [-0.05, 0) is 25.1 Å². The minimum Gasteiger partial charge on any atom is -0.339 e. The molecule has 0 bridgehead atoms. The van der Waals surface area contributed by atoms with Gasteiger partial charge in [-0.1, -0.05) is 22.0 Å². The van der Waals surface area contributed by atoms with Gasteiger partial charge in [-0.2, -0.15) is 0 Å². The molecule has 0 aliphatic carbocycles. The standard InChI is InChI=1S/C11H10BrNO/c1-2-13-10(7-14)5-8-3-4-9(12)6-11(8)13/h3-7H,2H2,1H3. The average molecular weight is 252 g/mol. The molecule has 0 N–H and O–H groups in total. The number of nitrogens with zero attached hydrogens (tertiary/aromatic N) is 1. The third kappa shape index (κ3) is 1.38. The van der Waals surface area contributed by atoms with Crippen LogP contribution < -0.4 is 0 Å². The number of halogens is 1. The maximum absolute atomic E-state index is 10.8. The van der Waals surface area contributed by atoms with Gasteiger partial charge in [-0.15, -0.1) is 0 Å². The van der Waals surface area contributed by atoms with Crippen molar-refractivity contribution < 1.29 is 4.79 Å². The first-order valence-corrected chi connectivity index (χ1v) is 5.29. The maximum atomic E-state index is 10.8. The molecule has 0 aliphatic heterocycles. The van der Waals surface area contributed by atoms with Crippen LogP contribution >= 0.6 is 15.9 Å². The lowest BCUT2D eigenvalue weighted by Crippen LogP contribution is -1.98. The van der Waals surface area contributed by atoms with Gasteiger partial charge in [-0.25, -0.2) is 0 Å². The highest BCUT2D eigenvalue weighted by atomic mass is 79.9. The molecule has 14 heavy (non-hydrogen) atoms. The Hall–Kier alpha value is -1.09. The second-order valence-electron chi connectivity index (χ2n) is 3.13. The largest absolute Gasteiger partial charge is 0.339 e. The average Bonchev–Trinajstić information content (AvgIpc) is 2.54. The predicted molar refractivity (Wildman–Crippen MR) is 60.7 cm³/mol. The van der Waals surface area contributed by atoms with Crippen LogP contribution in [0.3, 0.4) is 0 Å². The Labute approximate surface area is 90.7 Å². The first kappa shape index (κ1) is 9.46. The summed E-state index contributed by atoms with van der Waals surface area (Å²) in [7, 11) is 0. The zero-order valence-electron chi connectivity index (χ0n) is 7.83. The molecule has 0 saturated heterocycles. The number of carbonyl (C=O) groups excluding carboxylic acids is 1. The fourth-order valence-corrected chi connectivity index (χ4v) is 2.05. The van der Waals surface area contributed by atoms with Crippen LogP contribution in [0.5, 0.6) is 0 Å². The molecule has 1 heterocycles. The van der Waals surface area contributed by atoms with Crippen LogP contribution in [0.4, 0.5) is 0 Å². The molecule has 0 amide bonds. The van der Waals surface area contributed by atoms with Crippen molar-refractivity contribution in [1.82, 2.24) is 4.57 Å². The number of hydrogen-bond donors (Lipinski definition) is 0. The maximum Gasteiger partial charge on any atom is 0.166 e. The summed E-state index contributed by atoms with van der Waals surface area (Å²) in [4.78, 5) is 10.8. The number of hydrogen-bond acceptors (Lipinski definition) is 1. The van der Waals surface area contributed by atoms with E-state index in [2.05, 4.69) is 15.9 Å². The smallest absolute Gasteiger partial charge is 0.166 e. The van der Waals surface area contributed by atoms with Crippen molar-refractivity contribution in [3.8, 4) is 0 Å². The van der Waals surface area contributed by atoms with Gasteiger partial charge in [0.1, 0.15) is 0 Å². The molecule has 0 aliphatic rings. The number of aldehydes is 1. The van der Waals surface area contributed by atoms with Gasteiger partial charge >= 0.3 is 0 Å². The number of aromatic nitrogens is 1. The molecule has 0 unspecified atom stereocenters. The van der Waals surface area contributed by atoms with Crippen LogP contribution in [0.2, 0.25) is 0 Å². The van der Waals surface area contributed by atoms with E-state index in [0.717, 1.165) is 33.9 Å². The van der Waals surface area contributed by atoms with Gasteiger partial charge in [0.2, 0.25) is 0 Å². The lowest BCUT2D eigenvalue weighted by Gasteiger charge is -2.02. The molecular formula is C11H10BrNO. The monoisotopic (exact) mass is 251 g/mol. The van der Waals surface area contributed by atoms with Gasteiger partial charge in [-0.3, -0.25) is 4.79 Å². The minimum atomic E-state index is 0.737. The molecule has 2 nitrogen and oxygen atoms in total. The van der Waals surface area contributed by atoms with Gasteiger partial charge in [0.25, 0.3) is 0 Å². The van der Waals surface area contributed by atoms with Gasteiger partial charge in [0, 0.05) is 21.9 Å². The number of carbonyl (C=O) groups is 1. The lowest BCUT2D eigenvalue weighted by molar-refractivity contribution is 0.111. The molecule has 1 aromatic heterocycles. The Balaban J connectivity index is 2.81. The summed E-state index contributed by atoms with van der Waals surface area (Å²) in [5, 5.41) is 1.11. The van der Waals surface area contributed by atoms with Crippen LogP contribution in [0.25, 0.3) is 10.9 Å². The summed E-state index contributed by atoms with van der Waals surface area (Å²) in [6, 6.07) is 7.94. The quantitative estimate of drug-likeness (QED) is 0.752. The van der Waals surface area contributed by atoms with E-state index in [1.807, 2.05) is 35.8 Å². The van der Waals surface area contributed by atoms with E-state index in [0.29, 0.717) is 0 Å². The van der Waals surface area contributed by atoms with Crippen molar-refractivity contribution >= 4 is 33.1 Å². The summed E-state index contributed by atoms with van der Waals surface area (Å²) in [5.74, 6) is 0. The molecule has 2 aromatic rings. The van der Waals surface area contributed by atoms with Gasteiger partial charge in [0.15, 0.2) is 6.29 Å². The molecule has 0 saturated carbocycles. The zero-order chi connectivity index (χ0) is 10.1. The van der Waals surface area contributed by atoms with Crippen molar-refractivity contribution in [3.05, 3.63) is 34.4 Å². The van der Waals surface area contributed by atoms with E-state index in [1.54, 1.807) is 0 Å². The van der Waals surface area contributed by atoms with E-state index >= 15 is 0 Å². The van der Waals surface area contributed by atoms with E-state index in [9.17, 15) is 4.79 Å². The van der Waals surface area contributed by atoms with Gasteiger partial charge < -0.3 is 4.57 Å². The summed E-state index contributed by atoms with van der Waals surface area (Å²) < 4.78 is 3.04. The molecule has 72 valence electrons. The number of fused-ring (bicyclic) bond motifs is 1. The molecule has 0 spiro atoms. The molecule has 2 rings (SSSR count). The lowest BCUT2D eigenvalue weighted by atomic mass is 10.2. The van der Waals surface area contributed by atoms with Crippen molar-refractivity contribution in [2.75, 3.05) is 0 Å². The fourth-order valence-electron chi connectivity index (χ4n) is 1.70. The summed E-state index contributed by atoms with van der Waals surface area (Å²) in [6.45, 7) is 2.85. The highest BCUT2D eigenvalue weighted by molar-refractivity contribution is 9.10. The minimum absolute atomic E-state index is 0.737. The Morgan fingerprint density at radius 3 is 2.86 bits per heavy atom. The van der Waals surface area contributed by atoms with Crippen molar-refractivity contribution in [1.29, 1.82) is 0 Å². The first-order valence-electron chi connectivity index (χ1n) is 4.50. The molecular weight excluding hydrogens is 242 g/mol. The van der Waals surface area contributed by atoms with Crippen LogP contribution in [0, 0.1) is 0 Å². The van der Waals surface area contributed by atoms with Crippen molar-refractivity contribution in [2.24, 2.45) is 0 Å². The molecule has 0 radical (unpaired) electrons. The number of rotatable bonds is 2.